The molecule has 2 aromatic rings. The Morgan fingerprint density at radius 2 is 1.45 bits per heavy atom. The van der Waals surface area contributed by atoms with Crippen LogP contribution < -0.4 is 4.74 Å². The normalized spacial score (nSPS) is 19.2. The summed E-state index contributed by atoms with van der Waals surface area (Å²) in [6.07, 6.45) is 6.48. The SMILES string of the molecule is COc1ccc(CN2/C(=N/C(=O)OC(C)(C)C)N(C(=O)OC(C)(C)C)/C(=C\c3ccccc3)C23CCCCCC3)cc1. The van der Waals surface area contributed by atoms with Crippen molar-refractivity contribution in [1.82, 2.24) is 9.80 Å². The van der Waals surface area contributed by atoms with E-state index in [1.54, 1.807) is 27.9 Å². The Morgan fingerprint density at radius 1 is 0.857 bits per heavy atom. The van der Waals surface area contributed by atoms with Gasteiger partial charge in [0.2, 0.25) is 5.96 Å². The second kappa shape index (κ2) is 12.6. The average Bonchev–Trinajstić information content (AvgIpc) is 3.04. The molecule has 1 aliphatic heterocycles. The fraction of sp³-hybridized carbons (Fsp3) is 0.500. The molecule has 1 heterocycles. The van der Waals surface area contributed by atoms with Crippen molar-refractivity contribution in [3.8, 4) is 5.75 Å². The van der Waals surface area contributed by atoms with Crippen LogP contribution in [0.15, 0.2) is 65.3 Å². The first-order valence-corrected chi connectivity index (χ1v) is 14.8. The van der Waals surface area contributed by atoms with Crippen LogP contribution in [0.1, 0.15) is 91.2 Å². The van der Waals surface area contributed by atoms with Gasteiger partial charge in [-0.15, -0.1) is 4.99 Å². The van der Waals surface area contributed by atoms with Crippen molar-refractivity contribution in [3.63, 3.8) is 0 Å². The van der Waals surface area contributed by atoms with Crippen molar-refractivity contribution in [2.24, 2.45) is 4.99 Å². The molecule has 1 saturated heterocycles. The minimum absolute atomic E-state index is 0.221. The number of guanidine groups is 1. The molecule has 0 unspecified atom stereocenters. The number of hydrogen-bond acceptors (Lipinski definition) is 5. The standard InChI is InChI=1S/C34H45N3O5/c1-32(2,3)41-30(38)35-29-36(24-26-17-19-27(40-7)20-18-26)34(21-13-8-9-14-22-34)28(23-25-15-11-10-12-16-25)37(29)31(39)42-33(4,5)6/h10-12,15-20,23H,8-9,13-14,21-22,24H2,1-7H3/b28-23-,35-29-. The number of methoxy groups -OCH3 is 1. The highest BCUT2D eigenvalue weighted by Crippen LogP contribution is 2.48. The number of carbonyl (C=O) groups is 2. The van der Waals surface area contributed by atoms with E-state index in [0.29, 0.717) is 6.54 Å². The topological polar surface area (TPSA) is 80.7 Å². The molecule has 2 fully saturated rings. The van der Waals surface area contributed by atoms with Crippen LogP contribution in [0.25, 0.3) is 6.08 Å². The van der Waals surface area contributed by atoms with Gasteiger partial charge in [-0.05, 0) is 83.7 Å². The summed E-state index contributed by atoms with van der Waals surface area (Å²) in [4.78, 5) is 35.6. The first-order chi connectivity index (χ1) is 19.8. The first kappa shape index (κ1) is 31.1. The lowest BCUT2D eigenvalue weighted by molar-refractivity contribution is 0.0410. The minimum atomic E-state index is -0.758. The van der Waals surface area contributed by atoms with E-state index >= 15 is 0 Å². The van der Waals surface area contributed by atoms with Gasteiger partial charge < -0.3 is 19.1 Å². The summed E-state index contributed by atoms with van der Waals surface area (Å²) < 4.78 is 17.0. The maximum atomic E-state index is 14.1. The molecule has 0 aromatic heterocycles. The second-order valence-corrected chi connectivity index (χ2v) is 13.0. The van der Waals surface area contributed by atoms with E-state index in [2.05, 4.69) is 9.89 Å². The summed E-state index contributed by atoms with van der Waals surface area (Å²) >= 11 is 0. The molecular weight excluding hydrogens is 530 g/mol. The van der Waals surface area contributed by atoms with E-state index in [0.717, 1.165) is 61.1 Å². The van der Waals surface area contributed by atoms with E-state index in [4.69, 9.17) is 14.2 Å². The van der Waals surface area contributed by atoms with E-state index in [1.807, 2.05) is 81.4 Å². The molecule has 8 nitrogen and oxygen atoms in total. The average molecular weight is 576 g/mol. The number of ether oxygens (including phenoxy) is 3. The molecule has 2 aromatic carbocycles. The Kier molecular flexibility index (Phi) is 9.34. The lowest BCUT2D eigenvalue weighted by Gasteiger charge is -2.38. The molecule has 0 radical (unpaired) electrons. The summed E-state index contributed by atoms with van der Waals surface area (Å²) in [7, 11) is 1.64. The number of carbonyl (C=O) groups excluding carboxylic acids is 2. The predicted octanol–water partition coefficient (Wildman–Crippen LogP) is 8.17. The Balaban J connectivity index is 1.97. The molecule has 42 heavy (non-hydrogen) atoms. The lowest BCUT2D eigenvalue weighted by atomic mass is 9.84. The third-order valence-corrected chi connectivity index (χ3v) is 7.37. The molecule has 1 spiro atoms. The molecule has 2 aliphatic rings. The van der Waals surface area contributed by atoms with Gasteiger partial charge >= 0.3 is 12.2 Å². The highest BCUT2D eigenvalue weighted by Gasteiger charge is 2.55. The molecule has 226 valence electrons. The van der Waals surface area contributed by atoms with Crippen molar-refractivity contribution < 1.29 is 23.8 Å². The molecule has 8 heteroatoms. The third kappa shape index (κ3) is 7.52. The zero-order valence-electron chi connectivity index (χ0n) is 26.1. The molecular formula is C34H45N3O5. The molecule has 0 N–H and O–H groups in total. The summed E-state index contributed by atoms with van der Waals surface area (Å²) in [6.45, 7) is 11.3. The summed E-state index contributed by atoms with van der Waals surface area (Å²) in [5, 5.41) is 0. The van der Waals surface area contributed by atoms with Crippen LogP contribution in [0.5, 0.6) is 5.75 Å². The van der Waals surface area contributed by atoms with Gasteiger partial charge in [-0.1, -0.05) is 68.1 Å². The van der Waals surface area contributed by atoms with E-state index in [1.165, 1.54) is 4.90 Å². The number of rotatable bonds is 4. The van der Waals surface area contributed by atoms with Crippen LogP contribution in [-0.4, -0.2) is 51.8 Å². The number of benzene rings is 2. The largest absolute Gasteiger partial charge is 0.497 e. The summed E-state index contributed by atoms with van der Waals surface area (Å²) in [5.41, 5.74) is 0.616. The number of amides is 2. The van der Waals surface area contributed by atoms with Gasteiger partial charge in [-0.2, -0.15) is 0 Å². The first-order valence-electron chi connectivity index (χ1n) is 14.8. The fourth-order valence-electron chi connectivity index (χ4n) is 5.61. The van der Waals surface area contributed by atoms with Crippen LogP contribution in [0.3, 0.4) is 0 Å². The van der Waals surface area contributed by atoms with Gasteiger partial charge in [-0.25, -0.2) is 14.5 Å². The highest BCUT2D eigenvalue weighted by atomic mass is 16.6. The van der Waals surface area contributed by atoms with E-state index in [-0.39, 0.29) is 5.96 Å². The van der Waals surface area contributed by atoms with Gasteiger partial charge in [0, 0.05) is 6.54 Å². The highest BCUT2D eigenvalue weighted by molar-refractivity contribution is 6.04. The van der Waals surface area contributed by atoms with Crippen LogP contribution in [0.4, 0.5) is 9.59 Å². The van der Waals surface area contributed by atoms with Crippen molar-refractivity contribution in [3.05, 3.63) is 71.4 Å². The summed E-state index contributed by atoms with van der Waals surface area (Å²) in [6, 6.07) is 17.8. The van der Waals surface area contributed by atoms with Crippen LogP contribution in [-0.2, 0) is 16.0 Å². The minimum Gasteiger partial charge on any atom is -0.497 e. The predicted molar refractivity (Wildman–Crippen MR) is 165 cm³/mol. The Morgan fingerprint density at radius 3 is 2.00 bits per heavy atom. The molecule has 1 saturated carbocycles. The lowest BCUT2D eigenvalue weighted by Crippen LogP contribution is -2.46. The van der Waals surface area contributed by atoms with Crippen LogP contribution in [0.2, 0.25) is 0 Å². The molecule has 4 rings (SSSR count). The van der Waals surface area contributed by atoms with Gasteiger partial charge in [0.25, 0.3) is 0 Å². The Labute approximate surface area is 250 Å². The van der Waals surface area contributed by atoms with Crippen molar-refractivity contribution in [2.75, 3.05) is 7.11 Å². The smallest absolute Gasteiger partial charge is 0.437 e. The monoisotopic (exact) mass is 575 g/mol. The molecule has 1 aliphatic carbocycles. The summed E-state index contributed by atoms with van der Waals surface area (Å²) in [5.74, 6) is 0.977. The van der Waals surface area contributed by atoms with Crippen LogP contribution >= 0.6 is 0 Å². The quantitative estimate of drug-likeness (QED) is 0.366. The van der Waals surface area contributed by atoms with Gasteiger partial charge in [0.15, 0.2) is 0 Å². The second-order valence-electron chi connectivity index (χ2n) is 13.0. The molecule has 0 atom stereocenters. The van der Waals surface area contributed by atoms with Gasteiger partial charge in [0.05, 0.1) is 18.3 Å². The zero-order valence-corrected chi connectivity index (χ0v) is 26.1. The molecule has 0 bridgehead atoms. The Hall–Kier alpha value is -3.81. The van der Waals surface area contributed by atoms with E-state index < -0.39 is 28.9 Å². The number of nitrogens with zero attached hydrogens (tertiary/aromatic N) is 3. The van der Waals surface area contributed by atoms with E-state index in [9.17, 15) is 9.59 Å². The zero-order chi connectivity index (χ0) is 30.5. The fourth-order valence-corrected chi connectivity index (χ4v) is 5.61. The third-order valence-electron chi connectivity index (χ3n) is 7.37. The van der Waals surface area contributed by atoms with Crippen molar-refractivity contribution in [2.45, 2.75) is 103 Å². The molecule has 2 amide bonds. The number of aliphatic imine (C=N–C) groups is 1. The number of hydrogen-bond donors (Lipinski definition) is 0. The maximum absolute atomic E-state index is 14.1. The van der Waals surface area contributed by atoms with Gasteiger partial charge in [0.1, 0.15) is 17.0 Å². The Bertz CT molecular complexity index is 1300. The van der Waals surface area contributed by atoms with Crippen molar-refractivity contribution >= 4 is 24.2 Å². The van der Waals surface area contributed by atoms with Crippen molar-refractivity contribution in [1.29, 1.82) is 0 Å². The van der Waals surface area contributed by atoms with Gasteiger partial charge in [-0.3, -0.25) is 0 Å². The maximum Gasteiger partial charge on any atom is 0.437 e. The van der Waals surface area contributed by atoms with Crippen LogP contribution in [0, 0.1) is 0 Å².